The monoisotopic (exact) mass is 288 g/mol. The highest BCUT2D eigenvalue weighted by molar-refractivity contribution is 5.89. The minimum absolute atomic E-state index is 0.0781. The summed E-state index contributed by atoms with van der Waals surface area (Å²) in [6.07, 6.45) is 1.13. The zero-order valence-corrected chi connectivity index (χ0v) is 11.4. The number of carbonyl (C=O) groups is 1. The van der Waals surface area contributed by atoms with Gasteiger partial charge in [0.25, 0.3) is 5.69 Å². The van der Waals surface area contributed by atoms with E-state index < -0.39 is 10.9 Å². The van der Waals surface area contributed by atoms with Crippen molar-refractivity contribution in [1.82, 2.24) is 4.98 Å². The van der Waals surface area contributed by atoms with E-state index >= 15 is 0 Å². The topological polar surface area (TPSA) is 91.6 Å². The van der Waals surface area contributed by atoms with E-state index in [2.05, 4.69) is 9.72 Å². The van der Waals surface area contributed by atoms with Crippen molar-refractivity contribution in [2.24, 2.45) is 0 Å². The molecular weight excluding hydrogens is 276 g/mol. The lowest BCUT2D eigenvalue weighted by molar-refractivity contribution is -0.385. The van der Waals surface area contributed by atoms with Crippen LogP contribution in [0.2, 0.25) is 0 Å². The second kappa shape index (κ2) is 6.00. The van der Waals surface area contributed by atoms with Gasteiger partial charge in [-0.25, -0.2) is 9.78 Å². The van der Waals surface area contributed by atoms with Gasteiger partial charge in [0.1, 0.15) is 11.9 Å². The molecule has 0 aliphatic carbocycles. The summed E-state index contributed by atoms with van der Waals surface area (Å²) in [6, 6.07) is 7.84. The van der Waals surface area contributed by atoms with E-state index in [0.29, 0.717) is 16.9 Å². The van der Waals surface area contributed by atoms with E-state index in [1.165, 1.54) is 19.2 Å². The molecule has 1 heterocycles. The summed E-state index contributed by atoms with van der Waals surface area (Å²) in [6.45, 7) is 1.59. The molecule has 0 bridgehead atoms. The van der Waals surface area contributed by atoms with Gasteiger partial charge in [-0.2, -0.15) is 0 Å². The molecule has 108 valence electrons. The SMILES string of the molecule is COC(=O)c1cccc(Oc2cc(C)c([N+](=O)[O-])cn2)c1. The molecule has 1 aromatic carbocycles. The highest BCUT2D eigenvalue weighted by atomic mass is 16.6. The average Bonchev–Trinajstić information content (AvgIpc) is 2.46. The quantitative estimate of drug-likeness (QED) is 0.488. The molecule has 0 saturated heterocycles. The summed E-state index contributed by atoms with van der Waals surface area (Å²) in [5, 5.41) is 10.7. The fourth-order valence-electron chi connectivity index (χ4n) is 1.70. The van der Waals surface area contributed by atoms with Gasteiger partial charge in [0.2, 0.25) is 5.88 Å². The first kappa shape index (κ1) is 14.4. The normalized spacial score (nSPS) is 10.0. The third kappa shape index (κ3) is 3.33. The molecule has 0 saturated carbocycles. The molecule has 7 nitrogen and oxygen atoms in total. The van der Waals surface area contributed by atoms with Crippen LogP contribution in [0.3, 0.4) is 0 Å². The number of methoxy groups -OCH3 is 1. The molecule has 0 atom stereocenters. The van der Waals surface area contributed by atoms with Gasteiger partial charge in [-0.15, -0.1) is 0 Å². The summed E-state index contributed by atoms with van der Waals surface area (Å²) < 4.78 is 10.1. The van der Waals surface area contributed by atoms with Crippen LogP contribution in [0.25, 0.3) is 0 Å². The van der Waals surface area contributed by atoms with Gasteiger partial charge in [0.15, 0.2) is 0 Å². The number of aromatic nitrogens is 1. The van der Waals surface area contributed by atoms with Crippen molar-refractivity contribution in [2.75, 3.05) is 7.11 Å². The first-order chi connectivity index (χ1) is 10.0. The Balaban J connectivity index is 2.24. The molecule has 2 aromatic rings. The van der Waals surface area contributed by atoms with Crippen molar-refractivity contribution in [1.29, 1.82) is 0 Å². The molecule has 0 unspecified atom stereocenters. The van der Waals surface area contributed by atoms with Crippen molar-refractivity contribution in [3.05, 3.63) is 57.8 Å². The molecule has 0 aliphatic heterocycles. The molecule has 0 fully saturated rings. The number of nitro groups is 1. The Bertz CT molecular complexity index is 700. The van der Waals surface area contributed by atoms with Crippen LogP contribution in [-0.4, -0.2) is 23.0 Å². The van der Waals surface area contributed by atoms with Gasteiger partial charge in [-0.05, 0) is 25.1 Å². The van der Waals surface area contributed by atoms with Crippen molar-refractivity contribution < 1.29 is 19.2 Å². The third-order valence-electron chi connectivity index (χ3n) is 2.73. The predicted octanol–water partition coefficient (Wildman–Crippen LogP) is 2.88. The Labute approximate surface area is 120 Å². The van der Waals surface area contributed by atoms with E-state index in [1.807, 2.05) is 0 Å². The third-order valence-corrected chi connectivity index (χ3v) is 2.73. The summed E-state index contributed by atoms with van der Waals surface area (Å²) in [5.41, 5.74) is 0.702. The van der Waals surface area contributed by atoms with Crippen LogP contribution in [-0.2, 0) is 4.74 Å². The Hall–Kier alpha value is -2.96. The van der Waals surface area contributed by atoms with Crippen molar-refractivity contribution in [2.45, 2.75) is 6.92 Å². The number of hydrogen-bond acceptors (Lipinski definition) is 6. The lowest BCUT2D eigenvalue weighted by Gasteiger charge is -2.07. The maximum atomic E-state index is 11.4. The first-order valence-corrected chi connectivity index (χ1v) is 5.98. The molecule has 1 aromatic heterocycles. The average molecular weight is 288 g/mol. The van der Waals surface area contributed by atoms with E-state index in [9.17, 15) is 14.9 Å². The second-order valence-corrected chi connectivity index (χ2v) is 4.19. The van der Waals surface area contributed by atoms with Crippen LogP contribution in [0, 0.1) is 17.0 Å². The fourth-order valence-corrected chi connectivity index (χ4v) is 1.70. The summed E-state index contributed by atoms with van der Waals surface area (Å²) in [4.78, 5) is 25.5. The smallest absolute Gasteiger partial charge is 0.337 e. The number of nitrogens with zero attached hydrogens (tertiary/aromatic N) is 2. The van der Waals surface area contributed by atoms with Crippen LogP contribution in [0.5, 0.6) is 11.6 Å². The van der Waals surface area contributed by atoms with Gasteiger partial charge in [0.05, 0.1) is 17.6 Å². The van der Waals surface area contributed by atoms with Crippen LogP contribution in [0.15, 0.2) is 36.5 Å². The zero-order chi connectivity index (χ0) is 15.4. The Morgan fingerprint density at radius 2 is 2.10 bits per heavy atom. The number of hydrogen-bond donors (Lipinski definition) is 0. The van der Waals surface area contributed by atoms with E-state index in [1.54, 1.807) is 25.1 Å². The van der Waals surface area contributed by atoms with Gasteiger partial charge < -0.3 is 9.47 Å². The fraction of sp³-hybridized carbons (Fsp3) is 0.143. The molecular formula is C14H12N2O5. The summed E-state index contributed by atoms with van der Waals surface area (Å²) in [7, 11) is 1.29. The van der Waals surface area contributed by atoms with Crippen LogP contribution in [0.4, 0.5) is 5.69 Å². The molecule has 2 rings (SSSR count). The maximum absolute atomic E-state index is 11.4. The number of benzene rings is 1. The molecule has 0 spiro atoms. The second-order valence-electron chi connectivity index (χ2n) is 4.19. The van der Waals surface area contributed by atoms with E-state index in [0.717, 1.165) is 6.20 Å². The molecule has 0 amide bonds. The maximum Gasteiger partial charge on any atom is 0.337 e. The van der Waals surface area contributed by atoms with Crippen LogP contribution < -0.4 is 4.74 Å². The molecule has 0 N–H and O–H groups in total. The van der Waals surface area contributed by atoms with Crippen molar-refractivity contribution >= 4 is 11.7 Å². The Morgan fingerprint density at radius 1 is 1.33 bits per heavy atom. The highest BCUT2D eigenvalue weighted by Gasteiger charge is 2.13. The highest BCUT2D eigenvalue weighted by Crippen LogP contribution is 2.25. The number of rotatable bonds is 4. The number of pyridine rings is 1. The van der Waals surface area contributed by atoms with Gasteiger partial charge >= 0.3 is 5.97 Å². The van der Waals surface area contributed by atoms with E-state index in [4.69, 9.17) is 4.74 Å². The van der Waals surface area contributed by atoms with Crippen LogP contribution >= 0.6 is 0 Å². The zero-order valence-electron chi connectivity index (χ0n) is 11.4. The first-order valence-electron chi connectivity index (χ1n) is 5.98. The summed E-state index contributed by atoms with van der Waals surface area (Å²) in [5.74, 6) is 0.118. The standard InChI is InChI=1S/C14H12N2O5/c1-9-6-13(15-8-12(9)16(18)19)21-11-5-3-4-10(7-11)14(17)20-2/h3-8H,1-2H3. The molecule has 0 radical (unpaired) electrons. The largest absolute Gasteiger partial charge is 0.465 e. The summed E-state index contributed by atoms with van der Waals surface area (Å²) >= 11 is 0. The Kier molecular flexibility index (Phi) is 4.13. The van der Waals surface area contributed by atoms with E-state index in [-0.39, 0.29) is 11.6 Å². The molecule has 21 heavy (non-hydrogen) atoms. The van der Waals surface area contributed by atoms with Crippen molar-refractivity contribution in [3.63, 3.8) is 0 Å². The minimum Gasteiger partial charge on any atom is -0.465 e. The Morgan fingerprint density at radius 3 is 2.71 bits per heavy atom. The number of esters is 1. The number of ether oxygens (including phenoxy) is 2. The predicted molar refractivity (Wildman–Crippen MR) is 73.5 cm³/mol. The number of aryl methyl sites for hydroxylation is 1. The van der Waals surface area contributed by atoms with Gasteiger partial charge in [0, 0.05) is 11.6 Å². The van der Waals surface area contributed by atoms with Gasteiger partial charge in [-0.1, -0.05) is 6.07 Å². The lowest BCUT2D eigenvalue weighted by Crippen LogP contribution is -2.01. The van der Waals surface area contributed by atoms with Crippen LogP contribution in [0.1, 0.15) is 15.9 Å². The van der Waals surface area contributed by atoms with Crippen molar-refractivity contribution in [3.8, 4) is 11.6 Å². The molecule has 0 aliphatic rings. The minimum atomic E-state index is -0.510. The lowest BCUT2D eigenvalue weighted by atomic mass is 10.2. The number of carbonyl (C=O) groups excluding carboxylic acids is 1. The van der Waals surface area contributed by atoms with Gasteiger partial charge in [-0.3, -0.25) is 10.1 Å². The molecule has 7 heteroatoms.